The van der Waals surface area contributed by atoms with Crippen LogP contribution in [0.25, 0.3) is 22.4 Å². The number of anilines is 1. The van der Waals surface area contributed by atoms with E-state index in [1.807, 2.05) is 24.3 Å². The molecule has 8 heteroatoms. The maximum atomic E-state index is 14.5. The number of esters is 1. The van der Waals surface area contributed by atoms with E-state index in [1.54, 1.807) is 12.1 Å². The molecule has 5 saturated carbocycles. The van der Waals surface area contributed by atoms with Crippen molar-refractivity contribution in [1.29, 1.82) is 0 Å². The summed E-state index contributed by atoms with van der Waals surface area (Å²) < 4.78 is 4.87. The number of aliphatic hydroxyl groups excluding tert-OH is 1. The van der Waals surface area contributed by atoms with Crippen molar-refractivity contribution in [2.45, 2.75) is 105 Å². The van der Waals surface area contributed by atoms with E-state index in [0.717, 1.165) is 66.6 Å². The number of carbonyl (C=O) groups excluding carboxylic acids is 2. The number of carbonyl (C=O) groups is 2. The zero-order valence-electron chi connectivity index (χ0n) is 33.4. The van der Waals surface area contributed by atoms with Crippen LogP contribution in [0.3, 0.4) is 0 Å². The minimum absolute atomic E-state index is 0.0353. The molecule has 1 amide bonds. The van der Waals surface area contributed by atoms with Gasteiger partial charge in [-0.1, -0.05) is 52.0 Å². The van der Waals surface area contributed by atoms with Crippen LogP contribution in [0.15, 0.2) is 54.6 Å². The second-order valence-electron chi connectivity index (χ2n) is 19.2. The molecule has 0 radical (unpaired) electrons. The molecular formula is C46H62N4O4. The predicted molar refractivity (Wildman–Crippen MR) is 215 cm³/mol. The number of hydrogen-bond acceptors (Lipinski definition) is 6. The number of aliphatic hydroxyl groups is 1. The summed E-state index contributed by atoms with van der Waals surface area (Å²) in [6.45, 7) is 17.8. The molecule has 0 spiro atoms. The number of nitrogens with zero attached hydrogens (tertiary/aromatic N) is 1. The van der Waals surface area contributed by atoms with E-state index in [4.69, 9.17) is 9.72 Å². The Morgan fingerprint density at radius 3 is 2.48 bits per heavy atom. The number of H-pyrrole nitrogens is 1. The van der Waals surface area contributed by atoms with Crippen LogP contribution >= 0.6 is 0 Å². The Bertz CT molecular complexity index is 1950. The molecule has 54 heavy (non-hydrogen) atoms. The Balaban J connectivity index is 0.947. The minimum atomic E-state index is -0.377. The number of ether oxygens (including phenoxy) is 1. The Morgan fingerprint density at radius 1 is 0.926 bits per heavy atom. The van der Waals surface area contributed by atoms with Gasteiger partial charge in [-0.25, -0.2) is 9.78 Å². The molecule has 1 aromatic heterocycles. The van der Waals surface area contributed by atoms with Gasteiger partial charge in [-0.2, -0.15) is 0 Å². The third kappa shape index (κ3) is 5.75. The molecule has 5 aliphatic carbocycles. The maximum absolute atomic E-state index is 14.5. The van der Waals surface area contributed by atoms with Gasteiger partial charge in [0.25, 0.3) is 0 Å². The van der Waals surface area contributed by atoms with Crippen molar-refractivity contribution in [3.63, 3.8) is 0 Å². The number of hydrogen-bond donors (Lipinski definition) is 4. The van der Waals surface area contributed by atoms with Crippen LogP contribution in [-0.4, -0.2) is 53.3 Å². The number of imidazole rings is 1. The largest absolute Gasteiger partial charge is 0.465 e. The number of aromatic nitrogens is 2. The second-order valence-corrected chi connectivity index (χ2v) is 19.2. The van der Waals surface area contributed by atoms with E-state index in [0.29, 0.717) is 54.2 Å². The summed E-state index contributed by atoms with van der Waals surface area (Å²) >= 11 is 0. The first-order valence-electron chi connectivity index (χ1n) is 20.8. The molecule has 3 aromatic rings. The average Bonchev–Trinajstić information content (AvgIpc) is 3.78. The molecule has 4 N–H and O–H groups in total. The molecular weight excluding hydrogens is 673 g/mol. The molecule has 10 unspecified atom stereocenters. The van der Waals surface area contributed by atoms with Crippen LogP contribution in [0.1, 0.15) is 109 Å². The van der Waals surface area contributed by atoms with Gasteiger partial charge in [0, 0.05) is 24.3 Å². The van der Waals surface area contributed by atoms with Gasteiger partial charge in [-0.15, -0.1) is 0 Å². The topological polar surface area (TPSA) is 116 Å². The van der Waals surface area contributed by atoms with Crippen LogP contribution < -0.4 is 10.6 Å². The molecule has 1 heterocycles. The second kappa shape index (κ2) is 13.5. The smallest absolute Gasteiger partial charge is 0.337 e. The number of fused-ring (bicyclic) bond motifs is 8. The number of amides is 1. The Kier molecular flexibility index (Phi) is 9.34. The highest BCUT2D eigenvalue weighted by molar-refractivity contribution is 5.94. The Morgan fingerprint density at radius 2 is 1.70 bits per heavy atom. The van der Waals surface area contributed by atoms with Gasteiger partial charge in [0.15, 0.2) is 0 Å². The summed E-state index contributed by atoms with van der Waals surface area (Å²) in [5, 5.41) is 18.0. The van der Waals surface area contributed by atoms with Crippen molar-refractivity contribution in [2.75, 3.05) is 25.5 Å². The van der Waals surface area contributed by atoms with Crippen molar-refractivity contribution >= 4 is 28.6 Å². The van der Waals surface area contributed by atoms with Crippen LogP contribution in [0.2, 0.25) is 0 Å². The van der Waals surface area contributed by atoms with Crippen molar-refractivity contribution < 1.29 is 19.4 Å². The van der Waals surface area contributed by atoms with E-state index < -0.39 is 0 Å². The number of rotatable bonds is 8. The molecule has 0 aliphatic heterocycles. The quantitative estimate of drug-likeness (QED) is 0.104. The van der Waals surface area contributed by atoms with Crippen LogP contribution in [0.5, 0.6) is 0 Å². The molecule has 5 aliphatic rings. The van der Waals surface area contributed by atoms with Crippen LogP contribution in [-0.2, 0) is 9.53 Å². The van der Waals surface area contributed by atoms with E-state index in [1.165, 1.54) is 38.4 Å². The monoisotopic (exact) mass is 734 g/mol. The fourth-order valence-electron chi connectivity index (χ4n) is 13.9. The van der Waals surface area contributed by atoms with Crippen LogP contribution in [0.4, 0.5) is 5.69 Å². The van der Waals surface area contributed by atoms with Gasteiger partial charge in [-0.05, 0) is 153 Å². The van der Waals surface area contributed by atoms with Gasteiger partial charge < -0.3 is 25.5 Å². The first kappa shape index (κ1) is 37.3. The molecule has 10 atom stereocenters. The summed E-state index contributed by atoms with van der Waals surface area (Å²) in [5.41, 5.74) is 5.39. The van der Waals surface area contributed by atoms with Crippen molar-refractivity contribution in [2.24, 2.45) is 57.2 Å². The average molecular weight is 735 g/mol. The standard InChI is InChI=1S/C46H62N4O4/c1-27(2)31-15-21-46(22-16-33-32(39(31)46)12-14-37-44(33,5)19-17-36-43(3,4)38(51)18-20-45(36,37)6)42(53)48-24-23-47-30-10-8-9-28(25-30)40-49-34-13-11-29(41(52)54-7)26-35(34)50-40/h8-11,13,25-26,31-33,36-39,47,51H,1,12,14-24H2,2-7H3,(H,48,53)(H,49,50). The fourth-order valence-corrected chi connectivity index (χ4v) is 13.9. The Labute approximate surface area is 321 Å². The summed E-state index contributed by atoms with van der Waals surface area (Å²) in [7, 11) is 1.38. The van der Waals surface area contributed by atoms with Crippen LogP contribution in [0, 0.1) is 57.2 Å². The number of allylic oxidation sites excluding steroid dienone is 1. The van der Waals surface area contributed by atoms with Crippen molar-refractivity contribution in [1.82, 2.24) is 15.3 Å². The molecule has 8 nitrogen and oxygen atoms in total. The highest BCUT2D eigenvalue weighted by Gasteiger charge is 2.68. The maximum Gasteiger partial charge on any atom is 0.337 e. The van der Waals surface area contributed by atoms with Gasteiger partial charge in [0.1, 0.15) is 5.82 Å². The summed E-state index contributed by atoms with van der Waals surface area (Å²) in [5.74, 6) is 3.82. The highest BCUT2D eigenvalue weighted by Crippen LogP contribution is 2.73. The minimum Gasteiger partial charge on any atom is -0.465 e. The SMILES string of the molecule is C=C(C)C1CCC2(C(=O)NCCNc3cccc(-c4nc5ccc(C(=O)OC)cc5[nH]4)c3)CCC3C(CCC4C3(C)CCC3C(C)(C)C(O)CCC34C)C12. The zero-order valence-corrected chi connectivity index (χ0v) is 33.4. The lowest BCUT2D eigenvalue weighted by Gasteiger charge is -2.69. The summed E-state index contributed by atoms with van der Waals surface area (Å²) in [4.78, 5) is 34.6. The molecule has 8 rings (SSSR count). The Hall–Kier alpha value is -3.65. The highest BCUT2D eigenvalue weighted by atomic mass is 16.5. The number of methoxy groups -OCH3 is 1. The molecule has 0 saturated heterocycles. The molecule has 290 valence electrons. The number of benzene rings is 2. The fraction of sp³-hybridized carbons (Fsp3) is 0.630. The van der Waals surface area contributed by atoms with Gasteiger partial charge in [-0.3, -0.25) is 4.79 Å². The van der Waals surface area contributed by atoms with E-state index in [9.17, 15) is 14.7 Å². The normalized spacial score (nSPS) is 36.6. The molecule has 5 fully saturated rings. The summed E-state index contributed by atoms with van der Waals surface area (Å²) in [6.07, 6.45) is 10.9. The lowest BCUT2D eigenvalue weighted by molar-refractivity contribution is -0.216. The predicted octanol–water partition coefficient (Wildman–Crippen LogP) is 9.17. The van der Waals surface area contributed by atoms with E-state index in [-0.39, 0.29) is 39.6 Å². The van der Waals surface area contributed by atoms with Crippen molar-refractivity contribution in [3.8, 4) is 11.4 Å². The zero-order chi connectivity index (χ0) is 38.2. The lowest BCUT2D eigenvalue weighted by atomic mass is 9.36. The third-order valence-electron chi connectivity index (χ3n) is 16.4. The van der Waals surface area contributed by atoms with E-state index in [2.05, 4.69) is 62.9 Å². The third-order valence-corrected chi connectivity index (χ3v) is 16.4. The van der Waals surface area contributed by atoms with Gasteiger partial charge >= 0.3 is 5.97 Å². The van der Waals surface area contributed by atoms with Crippen molar-refractivity contribution in [3.05, 3.63) is 60.2 Å². The number of nitrogens with one attached hydrogen (secondary N) is 3. The van der Waals surface area contributed by atoms with Gasteiger partial charge in [0.2, 0.25) is 5.91 Å². The van der Waals surface area contributed by atoms with E-state index >= 15 is 0 Å². The first-order chi connectivity index (χ1) is 25.7. The first-order valence-corrected chi connectivity index (χ1v) is 20.8. The van der Waals surface area contributed by atoms with Gasteiger partial charge in [0.05, 0.1) is 35.2 Å². The summed E-state index contributed by atoms with van der Waals surface area (Å²) in [6, 6.07) is 13.4. The molecule has 2 aromatic carbocycles. The number of aromatic amines is 1. The molecule has 0 bridgehead atoms. The lowest BCUT2D eigenvalue weighted by Crippen LogP contribution is -2.64.